The quantitative estimate of drug-likeness (QED) is 0.256. The third-order valence-corrected chi connectivity index (χ3v) is 1.78. The third-order valence-electron chi connectivity index (χ3n) is 1.78. The first kappa shape index (κ1) is 12.8. The summed E-state index contributed by atoms with van der Waals surface area (Å²) in [5.74, 6) is 0. The monoisotopic (exact) mass is 192 g/mol. The molecule has 2 atom stereocenters. The van der Waals surface area contributed by atoms with Crippen LogP contribution in [0.1, 0.15) is 26.2 Å². The molecule has 0 aromatic heterocycles. The van der Waals surface area contributed by atoms with Gasteiger partial charge in [0.05, 0.1) is 6.04 Å². The smallest absolute Gasteiger partial charge is 0.167 e. The van der Waals surface area contributed by atoms with Gasteiger partial charge in [-0.25, -0.2) is 0 Å². The van der Waals surface area contributed by atoms with E-state index in [1.54, 1.807) is 0 Å². The highest BCUT2D eigenvalue weighted by Gasteiger charge is 2.16. The fourth-order valence-corrected chi connectivity index (χ4v) is 1.14. The molecule has 80 valence electrons. The molecule has 0 saturated carbocycles. The standard InChI is InChI=1S/C8H20N2O3/c1-6(11)10-7(8(12)13)4-2-3-5-9/h6-8,10-13H,2-5,9H2,1H3/t6?,7-/m0/s1. The van der Waals surface area contributed by atoms with Crippen molar-refractivity contribution in [3.05, 3.63) is 0 Å². The minimum absolute atomic E-state index is 0.480. The number of hydrogen-bond donors (Lipinski definition) is 5. The van der Waals surface area contributed by atoms with Crippen LogP contribution in [-0.2, 0) is 0 Å². The lowest BCUT2D eigenvalue weighted by molar-refractivity contribution is -0.0794. The predicted molar refractivity (Wildman–Crippen MR) is 49.7 cm³/mol. The number of aliphatic hydroxyl groups excluding tert-OH is 2. The zero-order valence-electron chi connectivity index (χ0n) is 7.98. The molecule has 5 nitrogen and oxygen atoms in total. The Hall–Kier alpha value is -0.200. The molecule has 0 spiro atoms. The van der Waals surface area contributed by atoms with Crippen LogP contribution < -0.4 is 11.1 Å². The van der Waals surface area contributed by atoms with Crippen molar-refractivity contribution >= 4 is 0 Å². The van der Waals surface area contributed by atoms with E-state index in [2.05, 4.69) is 5.32 Å². The van der Waals surface area contributed by atoms with Crippen LogP contribution in [0, 0.1) is 0 Å². The van der Waals surface area contributed by atoms with Crippen molar-refractivity contribution in [2.24, 2.45) is 5.73 Å². The molecule has 0 saturated heterocycles. The molecule has 13 heavy (non-hydrogen) atoms. The topological polar surface area (TPSA) is 98.7 Å². The van der Waals surface area contributed by atoms with E-state index in [1.165, 1.54) is 6.92 Å². The molecule has 0 rings (SSSR count). The fraction of sp³-hybridized carbons (Fsp3) is 1.00. The Labute approximate surface area is 78.6 Å². The van der Waals surface area contributed by atoms with E-state index < -0.39 is 18.6 Å². The van der Waals surface area contributed by atoms with Gasteiger partial charge in [0.2, 0.25) is 0 Å². The van der Waals surface area contributed by atoms with Gasteiger partial charge in [-0.1, -0.05) is 6.42 Å². The van der Waals surface area contributed by atoms with Crippen molar-refractivity contribution in [3.8, 4) is 0 Å². The molecule has 0 aliphatic carbocycles. The molecule has 6 N–H and O–H groups in total. The van der Waals surface area contributed by atoms with E-state index in [-0.39, 0.29) is 0 Å². The second-order valence-electron chi connectivity index (χ2n) is 3.15. The van der Waals surface area contributed by atoms with Gasteiger partial charge in [-0.2, -0.15) is 0 Å². The molecule has 5 heteroatoms. The molecule has 0 heterocycles. The van der Waals surface area contributed by atoms with Crippen LogP contribution in [-0.4, -0.2) is 40.4 Å². The van der Waals surface area contributed by atoms with E-state index in [4.69, 9.17) is 21.1 Å². The summed E-state index contributed by atoms with van der Waals surface area (Å²) in [6, 6.07) is -0.480. The van der Waals surface area contributed by atoms with E-state index in [0.717, 1.165) is 12.8 Å². The Morgan fingerprint density at radius 3 is 2.23 bits per heavy atom. The first-order chi connectivity index (χ1) is 6.07. The molecule has 1 unspecified atom stereocenters. The third kappa shape index (κ3) is 6.92. The maximum atomic E-state index is 8.97. The van der Waals surface area contributed by atoms with Gasteiger partial charge in [-0.3, -0.25) is 5.32 Å². The molecule has 0 aliphatic rings. The average Bonchev–Trinajstić information content (AvgIpc) is 2.02. The summed E-state index contributed by atoms with van der Waals surface area (Å²) in [6.07, 6.45) is 0.0975. The van der Waals surface area contributed by atoms with Crippen molar-refractivity contribution in [1.29, 1.82) is 0 Å². The first-order valence-electron chi connectivity index (χ1n) is 4.58. The van der Waals surface area contributed by atoms with E-state index in [1.807, 2.05) is 0 Å². The van der Waals surface area contributed by atoms with Crippen molar-refractivity contribution in [3.63, 3.8) is 0 Å². The largest absolute Gasteiger partial charge is 0.379 e. The average molecular weight is 192 g/mol. The van der Waals surface area contributed by atoms with E-state index in [0.29, 0.717) is 13.0 Å². The minimum atomic E-state index is -1.44. The Morgan fingerprint density at radius 1 is 1.23 bits per heavy atom. The number of rotatable bonds is 7. The Bertz CT molecular complexity index is 120. The highest BCUT2D eigenvalue weighted by atomic mass is 16.5. The van der Waals surface area contributed by atoms with E-state index >= 15 is 0 Å². The van der Waals surface area contributed by atoms with Crippen molar-refractivity contribution in [1.82, 2.24) is 5.32 Å². The summed E-state index contributed by atoms with van der Waals surface area (Å²) in [5, 5.41) is 29.4. The van der Waals surface area contributed by atoms with Gasteiger partial charge >= 0.3 is 0 Å². The Kier molecular flexibility index (Phi) is 7.12. The number of nitrogens with two attached hydrogens (primary N) is 1. The summed E-state index contributed by atoms with van der Waals surface area (Å²) >= 11 is 0. The van der Waals surface area contributed by atoms with Crippen molar-refractivity contribution in [2.75, 3.05) is 6.54 Å². The molecule has 0 aromatic rings. The lowest BCUT2D eigenvalue weighted by Crippen LogP contribution is -2.44. The van der Waals surface area contributed by atoms with Gasteiger partial charge in [0, 0.05) is 0 Å². The summed E-state index contributed by atoms with van der Waals surface area (Å²) in [5.41, 5.74) is 5.30. The maximum Gasteiger partial charge on any atom is 0.167 e. The van der Waals surface area contributed by atoms with Gasteiger partial charge in [0.25, 0.3) is 0 Å². The molecule has 0 aromatic carbocycles. The van der Waals surface area contributed by atoms with Crippen LogP contribution in [0.2, 0.25) is 0 Å². The fourth-order valence-electron chi connectivity index (χ4n) is 1.14. The normalized spacial score (nSPS) is 16.2. The molecule has 0 amide bonds. The zero-order chi connectivity index (χ0) is 10.3. The number of hydrogen-bond acceptors (Lipinski definition) is 5. The molecule has 0 aliphatic heterocycles. The van der Waals surface area contributed by atoms with Gasteiger partial charge in [0.1, 0.15) is 6.23 Å². The van der Waals surface area contributed by atoms with Crippen molar-refractivity contribution in [2.45, 2.75) is 44.7 Å². The molecule has 0 fully saturated rings. The number of unbranched alkanes of at least 4 members (excludes halogenated alkanes) is 1. The lowest BCUT2D eigenvalue weighted by Gasteiger charge is -2.21. The van der Waals surface area contributed by atoms with Crippen LogP contribution in [0.4, 0.5) is 0 Å². The molecule has 0 radical (unpaired) electrons. The molecular formula is C8H20N2O3. The van der Waals surface area contributed by atoms with Crippen LogP contribution in [0.3, 0.4) is 0 Å². The van der Waals surface area contributed by atoms with Crippen molar-refractivity contribution < 1.29 is 15.3 Å². The minimum Gasteiger partial charge on any atom is -0.379 e. The van der Waals surface area contributed by atoms with Crippen LogP contribution in [0.25, 0.3) is 0 Å². The first-order valence-corrected chi connectivity index (χ1v) is 4.58. The highest BCUT2D eigenvalue weighted by molar-refractivity contribution is 4.69. The second kappa shape index (κ2) is 7.23. The summed E-state index contributed by atoms with van der Waals surface area (Å²) < 4.78 is 0. The molecular weight excluding hydrogens is 172 g/mol. The van der Waals surface area contributed by atoms with E-state index in [9.17, 15) is 0 Å². The predicted octanol–water partition coefficient (Wildman–Crippen LogP) is -1.28. The highest BCUT2D eigenvalue weighted by Crippen LogP contribution is 2.03. The summed E-state index contributed by atoms with van der Waals surface area (Å²) in [6.45, 7) is 2.14. The zero-order valence-corrected chi connectivity index (χ0v) is 7.98. The Balaban J connectivity index is 3.67. The summed E-state index contributed by atoms with van der Waals surface area (Å²) in [7, 11) is 0. The van der Waals surface area contributed by atoms with Crippen LogP contribution in [0.15, 0.2) is 0 Å². The number of aliphatic hydroxyl groups is 3. The lowest BCUT2D eigenvalue weighted by atomic mass is 10.1. The second-order valence-corrected chi connectivity index (χ2v) is 3.15. The van der Waals surface area contributed by atoms with Crippen LogP contribution >= 0.6 is 0 Å². The summed E-state index contributed by atoms with van der Waals surface area (Å²) in [4.78, 5) is 0. The molecule has 0 bridgehead atoms. The van der Waals surface area contributed by atoms with Gasteiger partial charge in [-0.05, 0) is 26.3 Å². The van der Waals surface area contributed by atoms with Gasteiger partial charge in [-0.15, -0.1) is 0 Å². The number of nitrogens with one attached hydrogen (secondary N) is 1. The van der Waals surface area contributed by atoms with Gasteiger partial charge < -0.3 is 21.1 Å². The Morgan fingerprint density at radius 2 is 1.85 bits per heavy atom. The van der Waals surface area contributed by atoms with Crippen LogP contribution in [0.5, 0.6) is 0 Å². The SMILES string of the molecule is CC(O)N[C@@H](CCCCN)C(O)O. The maximum absolute atomic E-state index is 8.97. The van der Waals surface area contributed by atoms with Gasteiger partial charge in [0.15, 0.2) is 6.29 Å².